The summed E-state index contributed by atoms with van der Waals surface area (Å²) in [5.41, 5.74) is 7.57. The lowest BCUT2D eigenvalue weighted by atomic mass is 9.82. The highest BCUT2D eigenvalue weighted by Crippen LogP contribution is 2.34. The zero-order valence-electron chi connectivity index (χ0n) is 12.7. The molecule has 5 heteroatoms. The number of aromatic nitrogens is 1. The normalized spacial score (nSPS) is 12.4. The standard InChI is InChI=1S/C14H25ClN4/c1-13(2,3)8-14(4,5)19-12-11(16)9(17-6)7-10(15)18-12/h7H,8,16H2,1-6H3,(H2,17,18,19). The Balaban J connectivity index is 3.02. The minimum absolute atomic E-state index is 0.116. The largest absolute Gasteiger partial charge is 0.394 e. The summed E-state index contributed by atoms with van der Waals surface area (Å²) in [6, 6.07) is 1.72. The Bertz CT molecular complexity index is 449. The van der Waals surface area contributed by atoms with Crippen molar-refractivity contribution in [1.29, 1.82) is 0 Å². The molecule has 108 valence electrons. The summed E-state index contributed by atoms with van der Waals surface area (Å²) >= 11 is 6.02. The van der Waals surface area contributed by atoms with E-state index in [1.165, 1.54) is 0 Å². The zero-order chi connectivity index (χ0) is 14.8. The van der Waals surface area contributed by atoms with Gasteiger partial charge in [-0.15, -0.1) is 0 Å². The molecule has 1 aromatic rings. The number of nitrogens with zero attached hydrogens (tertiary/aromatic N) is 1. The number of hydrogen-bond acceptors (Lipinski definition) is 4. The van der Waals surface area contributed by atoms with Gasteiger partial charge in [0.2, 0.25) is 0 Å². The van der Waals surface area contributed by atoms with Crippen molar-refractivity contribution < 1.29 is 0 Å². The summed E-state index contributed by atoms with van der Waals surface area (Å²) in [6.45, 7) is 10.9. The second-order valence-corrected chi connectivity index (χ2v) is 7.14. The number of pyridine rings is 1. The average molecular weight is 285 g/mol. The molecule has 1 rings (SSSR count). The molecule has 0 saturated carbocycles. The van der Waals surface area contributed by atoms with Gasteiger partial charge < -0.3 is 16.4 Å². The SMILES string of the molecule is CNc1cc(Cl)nc(NC(C)(C)CC(C)(C)C)c1N. The van der Waals surface area contributed by atoms with Crippen molar-refractivity contribution in [3.05, 3.63) is 11.2 Å². The molecule has 0 aromatic carbocycles. The fourth-order valence-electron chi connectivity index (χ4n) is 2.52. The van der Waals surface area contributed by atoms with E-state index in [0.717, 1.165) is 12.1 Å². The van der Waals surface area contributed by atoms with Crippen LogP contribution in [0.2, 0.25) is 5.15 Å². The summed E-state index contributed by atoms with van der Waals surface area (Å²) in [6.07, 6.45) is 0.989. The van der Waals surface area contributed by atoms with Crippen molar-refractivity contribution >= 4 is 28.8 Å². The molecule has 0 spiro atoms. The van der Waals surface area contributed by atoms with Crippen molar-refractivity contribution in [2.24, 2.45) is 5.41 Å². The van der Waals surface area contributed by atoms with Crippen LogP contribution >= 0.6 is 11.6 Å². The van der Waals surface area contributed by atoms with Crippen LogP contribution in [0, 0.1) is 5.41 Å². The number of hydrogen-bond donors (Lipinski definition) is 3. The van der Waals surface area contributed by atoms with Crippen molar-refractivity contribution in [3.8, 4) is 0 Å². The first kappa shape index (κ1) is 15.9. The van der Waals surface area contributed by atoms with Gasteiger partial charge in [0, 0.05) is 18.7 Å². The summed E-state index contributed by atoms with van der Waals surface area (Å²) in [7, 11) is 1.81. The Morgan fingerprint density at radius 1 is 1.26 bits per heavy atom. The van der Waals surface area contributed by atoms with Crippen molar-refractivity contribution in [2.75, 3.05) is 23.4 Å². The van der Waals surface area contributed by atoms with E-state index in [2.05, 4.69) is 50.2 Å². The van der Waals surface area contributed by atoms with Crippen molar-refractivity contribution in [2.45, 2.75) is 46.6 Å². The number of nitrogens with two attached hydrogens (primary N) is 1. The third kappa shape index (κ3) is 4.78. The highest BCUT2D eigenvalue weighted by atomic mass is 35.5. The predicted octanol–water partition coefficient (Wildman–Crippen LogP) is 3.99. The summed E-state index contributed by atoms with van der Waals surface area (Å²) in [4.78, 5) is 4.29. The molecule has 0 bridgehead atoms. The molecule has 1 heterocycles. The molecule has 0 fully saturated rings. The maximum atomic E-state index is 6.09. The van der Waals surface area contributed by atoms with Gasteiger partial charge in [0.1, 0.15) is 5.15 Å². The third-order valence-corrected chi connectivity index (χ3v) is 2.92. The Labute approximate surface area is 121 Å². The fraction of sp³-hybridized carbons (Fsp3) is 0.643. The molecule has 19 heavy (non-hydrogen) atoms. The number of halogens is 1. The van der Waals surface area contributed by atoms with Gasteiger partial charge in [-0.25, -0.2) is 4.98 Å². The van der Waals surface area contributed by atoms with Gasteiger partial charge >= 0.3 is 0 Å². The topological polar surface area (TPSA) is 63.0 Å². The lowest BCUT2D eigenvalue weighted by Crippen LogP contribution is -2.36. The second kappa shape index (κ2) is 5.45. The first-order valence-corrected chi connectivity index (χ1v) is 6.84. The molecule has 4 N–H and O–H groups in total. The van der Waals surface area contributed by atoms with Gasteiger partial charge in [0.15, 0.2) is 5.82 Å². The molecule has 0 aliphatic heterocycles. The maximum absolute atomic E-state index is 6.09. The Morgan fingerprint density at radius 3 is 2.32 bits per heavy atom. The smallest absolute Gasteiger partial charge is 0.153 e. The van der Waals surface area contributed by atoms with Crippen LogP contribution in [-0.4, -0.2) is 17.6 Å². The third-order valence-electron chi connectivity index (χ3n) is 2.73. The first-order chi connectivity index (χ1) is 8.54. The monoisotopic (exact) mass is 284 g/mol. The molecule has 4 nitrogen and oxygen atoms in total. The molecule has 0 radical (unpaired) electrons. The van der Waals surface area contributed by atoms with E-state index in [0.29, 0.717) is 16.7 Å². The summed E-state index contributed by atoms with van der Waals surface area (Å²) in [5, 5.41) is 6.84. The predicted molar refractivity (Wildman–Crippen MR) is 85.0 cm³/mol. The molecule has 0 unspecified atom stereocenters. The van der Waals surface area contributed by atoms with Crippen LogP contribution < -0.4 is 16.4 Å². The lowest BCUT2D eigenvalue weighted by molar-refractivity contribution is 0.302. The van der Waals surface area contributed by atoms with Crippen LogP contribution in [0.25, 0.3) is 0 Å². The Morgan fingerprint density at radius 2 is 1.84 bits per heavy atom. The quantitative estimate of drug-likeness (QED) is 0.732. The van der Waals surface area contributed by atoms with Crippen molar-refractivity contribution in [3.63, 3.8) is 0 Å². The van der Waals surface area contributed by atoms with Gasteiger partial charge in [-0.3, -0.25) is 0 Å². The Kier molecular flexibility index (Phi) is 4.56. The van der Waals surface area contributed by atoms with E-state index in [1.807, 2.05) is 7.05 Å². The molecule has 0 aliphatic carbocycles. The van der Waals surface area contributed by atoms with Crippen LogP contribution in [0.1, 0.15) is 41.0 Å². The Hall–Kier alpha value is -1.16. The zero-order valence-corrected chi connectivity index (χ0v) is 13.4. The molecular formula is C14H25ClN4. The molecule has 0 atom stereocenters. The van der Waals surface area contributed by atoms with Gasteiger partial charge in [-0.05, 0) is 25.7 Å². The summed E-state index contributed by atoms with van der Waals surface area (Å²) in [5.74, 6) is 0.631. The van der Waals surface area contributed by atoms with E-state index in [9.17, 15) is 0 Å². The van der Waals surface area contributed by atoms with E-state index >= 15 is 0 Å². The number of rotatable bonds is 4. The highest BCUT2D eigenvalue weighted by Gasteiger charge is 2.26. The second-order valence-electron chi connectivity index (χ2n) is 6.75. The van der Waals surface area contributed by atoms with Crippen LogP contribution in [0.3, 0.4) is 0 Å². The average Bonchev–Trinajstić information content (AvgIpc) is 2.18. The summed E-state index contributed by atoms with van der Waals surface area (Å²) < 4.78 is 0. The molecular weight excluding hydrogens is 260 g/mol. The number of nitrogen functional groups attached to an aromatic ring is 1. The lowest BCUT2D eigenvalue weighted by Gasteiger charge is -2.34. The fourth-order valence-corrected chi connectivity index (χ4v) is 2.71. The molecule has 0 aliphatic rings. The molecule has 1 aromatic heterocycles. The van der Waals surface area contributed by atoms with E-state index in [1.54, 1.807) is 6.07 Å². The van der Waals surface area contributed by atoms with E-state index in [-0.39, 0.29) is 11.0 Å². The van der Waals surface area contributed by atoms with Gasteiger partial charge in [-0.1, -0.05) is 32.4 Å². The van der Waals surface area contributed by atoms with Gasteiger partial charge in [0.05, 0.1) is 11.4 Å². The minimum atomic E-state index is -0.116. The van der Waals surface area contributed by atoms with Crippen LogP contribution in [0.5, 0.6) is 0 Å². The van der Waals surface area contributed by atoms with Gasteiger partial charge in [-0.2, -0.15) is 0 Å². The molecule has 0 saturated heterocycles. The maximum Gasteiger partial charge on any atom is 0.153 e. The van der Waals surface area contributed by atoms with Crippen molar-refractivity contribution in [1.82, 2.24) is 4.98 Å². The number of anilines is 3. The first-order valence-electron chi connectivity index (χ1n) is 6.46. The molecule has 0 amide bonds. The number of nitrogens with one attached hydrogen (secondary N) is 2. The van der Waals surface area contributed by atoms with Crippen LogP contribution in [0.15, 0.2) is 6.07 Å². The van der Waals surface area contributed by atoms with Crippen LogP contribution in [0.4, 0.5) is 17.2 Å². The minimum Gasteiger partial charge on any atom is -0.394 e. The highest BCUT2D eigenvalue weighted by molar-refractivity contribution is 6.30. The van der Waals surface area contributed by atoms with E-state index < -0.39 is 0 Å². The van der Waals surface area contributed by atoms with Crippen LogP contribution in [-0.2, 0) is 0 Å². The van der Waals surface area contributed by atoms with Gasteiger partial charge in [0.25, 0.3) is 0 Å². The van der Waals surface area contributed by atoms with E-state index in [4.69, 9.17) is 17.3 Å².